The lowest BCUT2D eigenvalue weighted by atomic mass is 9.71. The molecule has 6 heteroatoms. The van der Waals surface area contributed by atoms with Gasteiger partial charge in [0.2, 0.25) is 10.0 Å². The number of aryl methyl sites for hydroxylation is 1. The van der Waals surface area contributed by atoms with E-state index in [0.717, 1.165) is 44.3 Å². The van der Waals surface area contributed by atoms with Gasteiger partial charge in [-0.1, -0.05) is 30.3 Å². The highest BCUT2D eigenvalue weighted by Crippen LogP contribution is 2.38. The number of hydrogen-bond donors (Lipinski definition) is 2. The Morgan fingerprint density at radius 1 is 1.03 bits per heavy atom. The normalized spacial score (nSPS) is 21.2. The Balaban J connectivity index is 1.45. The molecule has 4 N–H and O–H groups in total. The Kier molecular flexibility index (Phi) is 7.23. The summed E-state index contributed by atoms with van der Waals surface area (Å²) in [7, 11) is -3.07. The maximum Gasteiger partial charge on any atom is 0.211 e. The first kappa shape index (κ1) is 23.3. The van der Waals surface area contributed by atoms with Gasteiger partial charge in [-0.3, -0.25) is 0 Å². The van der Waals surface area contributed by atoms with Crippen LogP contribution in [0, 0.1) is 17.8 Å². The maximum absolute atomic E-state index is 11.8. The molecule has 0 amide bonds. The SMILES string of the molecule is CS(=O)(=O)N1CCC(CC(CCN)C2CCc3ccc(-c4cccc(N)c4)cc3C2)CC1. The summed E-state index contributed by atoms with van der Waals surface area (Å²) in [5.74, 6) is 1.86. The Morgan fingerprint density at radius 2 is 1.78 bits per heavy atom. The molecule has 1 heterocycles. The van der Waals surface area contributed by atoms with Crippen LogP contribution in [0.25, 0.3) is 11.1 Å². The second-order valence-corrected chi connectivity index (χ2v) is 11.8. The number of nitrogen functional groups attached to an aromatic ring is 1. The summed E-state index contributed by atoms with van der Waals surface area (Å²) in [4.78, 5) is 0. The highest BCUT2D eigenvalue weighted by molar-refractivity contribution is 7.88. The molecule has 174 valence electrons. The van der Waals surface area contributed by atoms with Crippen LogP contribution in [0.3, 0.4) is 0 Å². The van der Waals surface area contributed by atoms with Gasteiger partial charge >= 0.3 is 0 Å². The first-order valence-corrected chi connectivity index (χ1v) is 13.8. The fraction of sp³-hybridized carbons (Fsp3) is 0.538. The van der Waals surface area contributed by atoms with Crippen molar-refractivity contribution in [3.8, 4) is 11.1 Å². The van der Waals surface area contributed by atoms with Crippen molar-refractivity contribution in [2.45, 2.75) is 44.9 Å². The molecule has 0 aromatic heterocycles. The fourth-order valence-electron chi connectivity index (χ4n) is 5.75. The summed E-state index contributed by atoms with van der Waals surface area (Å²) >= 11 is 0. The summed E-state index contributed by atoms with van der Waals surface area (Å²) in [6.45, 7) is 2.05. The molecule has 1 aliphatic carbocycles. The number of fused-ring (bicyclic) bond motifs is 1. The van der Waals surface area contributed by atoms with Gasteiger partial charge in [0.25, 0.3) is 0 Å². The van der Waals surface area contributed by atoms with E-state index in [9.17, 15) is 8.42 Å². The number of sulfonamides is 1. The minimum atomic E-state index is -3.07. The van der Waals surface area contributed by atoms with Crippen molar-refractivity contribution in [2.24, 2.45) is 23.5 Å². The Bertz CT molecular complexity index is 1030. The molecule has 0 radical (unpaired) electrons. The molecule has 2 aliphatic rings. The van der Waals surface area contributed by atoms with Gasteiger partial charge in [0, 0.05) is 18.8 Å². The van der Waals surface area contributed by atoms with E-state index in [-0.39, 0.29) is 0 Å². The highest BCUT2D eigenvalue weighted by atomic mass is 32.2. The predicted octanol–water partition coefficient (Wildman–Crippen LogP) is 4.07. The molecule has 2 unspecified atom stereocenters. The maximum atomic E-state index is 11.8. The van der Waals surface area contributed by atoms with Crippen LogP contribution in [0.4, 0.5) is 5.69 Å². The third-order valence-electron chi connectivity index (χ3n) is 7.58. The van der Waals surface area contributed by atoms with Gasteiger partial charge in [0.15, 0.2) is 0 Å². The Labute approximate surface area is 193 Å². The van der Waals surface area contributed by atoms with Gasteiger partial charge in [0.1, 0.15) is 0 Å². The average molecular weight is 456 g/mol. The van der Waals surface area contributed by atoms with Gasteiger partial charge < -0.3 is 11.5 Å². The van der Waals surface area contributed by atoms with Gasteiger partial charge in [0.05, 0.1) is 6.26 Å². The first-order valence-electron chi connectivity index (χ1n) is 12.0. The van der Waals surface area contributed by atoms with Crippen LogP contribution in [0.5, 0.6) is 0 Å². The minimum absolute atomic E-state index is 0.601. The van der Waals surface area contributed by atoms with Crippen molar-refractivity contribution >= 4 is 15.7 Å². The van der Waals surface area contributed by atoms with Crippen LogP contribution >= 0.6 is 0 Å². The smallest absolute Gasteiger partial charge is 0.211 e. The van der Waals surface area contributed by atoms with E-state index >= 15 is 0 Å². The monoisotopic (exact) mass is 455 g/mol. The van der Waals surface area contributed by atoms with E-state index in [1.807, 2.05) is 18.2 Å². The van der Waals surface area contributed by atoms with Gasteiger partial charge in [-0.15, -0.1) is 0 Å². The fourth-order valence-corrected chi connectivity index (χ4v) is 6.62. The van der Waals surface area contributed by atoms with Crippen molar-refractivity contribution in [2.75, 3.05) is 31.6 Å². The van der Waals surface area contributed by atoms with Gasteiger partial charge in [-0.05, 0) is 104 Å². The zero-order valence-corrected chi connectivity index (χ0v) is 20.0. The summed E-state index contributed by atoms with van der Waals surface area (Å²) < 4.78 is 25.3. The van der Waals surface area contributed by atoms with E-state index in [1.165, 1.54) is 41.4 Å². The molecule has 1 fully saturated rings. The molecule has 2 atom stereocenters. The Hall–Kier alpha value is -1.89. The van der Waals surface area contributed by atoms with E-state index in [1.54, 1.807) is 4.31 Å². The molecule has 32 heavy (non-hydrogen) atoms. The highest BCUT2D eigenvalue weighted by Gasteiger charge is 2.31. The molecule has 2 aromatic carbocycles. The minimum Gasteiger partial charge on any atom is -0.399 e. The van der Waals surface area contributed by atoms with E-state index in [4.69, 9.17) is 11.5 Å². The third kappa shape index (κ3) is 5.53. The van der Waals surface area contributed by atoms with Crippen molar-refractivity contribution in [3.05, 3.63) is 53.6 Å². The van der Waals surface area contributed by atoms with Crippen LogP contribution in [-0.4, -0.2) is 38.6 Å². The summed E-state index contributed by atoms with van der Waals surface area (Å²) in [5.41, 5.74) is 18.2. The number of nitrogens with two attached hydrogens (primary N) is 2. The van der Waals surface area contributed by atoms with Crippen LogP contribution in [0.1, 0.15) is 43.2 Å². The van der Waals surface area contributed by atoms with Crippen molar-refractivity contribution in [1.29, 1.82) is 0 Å². The predicted molar refractivity (Wildman–Crippen MR) is 133 cm³/mol. The van der Waals surface area contributed by atoms with E-state index in [0.29, 0.717) is 30.8 Å². The lowest BCUT2D eigenvalue weighted by molar-refractivity contribution is 0.188. The second-order valence-electron chi connectivity index (χ2n) is 9.79. The van der Waals surface area contributed by atoms with Crippen molar-refractivity contribution < 1.29 is 8.42 Å². The molecule has 0 spiro atoms. The molecule has 5 nitrogen and oxygen atoms in total. The quantitative estimate of drug-likeness (QED) is 0.616. The molecular formula is C26H37N3O2S. The largest absolute Gasteiger partial charge is 0.399 e. The standard InChI is InChI=1S/C26H37N3O2S/c1-32(30,31)29-13-10-19(11-14-29)15-24(9-12-27)23-8-6-20-5-7-22(16-25(20)17-23)21-3-2-4-26(28)18-21/h2-5,7,16,18-19,23-24H,6,8-15,17,27-28H2,1H3. The number of rotatable bonds is 7. The first-order chi connectivity index (χ1) is 15.3. The van der Waals surface area contributed by atoms with Gasteiger partial charge in [-0.2, -0.15) is 0 Å². The summed E-state index contributed by atoms with van der Waals surface area (Å²) in [6, 6.07) is 15.0. The molecule has 2 aromatic rings. The number of benzene rings is 2. The zero-order valence-electron chi connectivity index (χ0n) is 19.2. The molecule has 0 bridgehead atoms. The van der Waals surface area contributed by atoms with Crippen LogP contribution in [-0.2, 0) is 22.9 Å². The molecule has 0 saturated carbocycles. The topological polar surface area (TPSA) is 89.4 Å². The molecule has 1 saturated heterocycles. The van der Waals surface area contributed by atoms with Crippen LogP contribution in [0.15, 0.2) is 42.5 Å². The lowest BCUT2D eigenvalue weighted by Gasteiger charge is -2.36. The zero-order chi connectivity index (χ0) is 22.7. The van der Waals surface area contributed by atoms with Crippen LogP contribution in [0.2, 0.25) is 0 Å². The molecule has 1 aliphatic heterocycles. The number of anilines is 1. The van der Waals surface area contributed by atoms with Gasteiger partial charge in [-0.25, -0.2) is 12.7 Å². The average Bonchev–Trinajstić information content (AvgIpc) is 2.78. The second kappa shape index (κ2) is 9.94. The number of piperidine rings is 1. The van der Waals surface area contributed by atoms with Crippen molar-refractivity contribution in [1.82, 2.24) is 4.31 Å². The number of hydrogen-bond acceptors (Lipinski definition) is 4. The lowest BCUT2D eigenvalue weighted by Crippen LogP contribution is -2.38. The Morgan fingerprint density at radius 3 is 2.47 bits per heavy atom. The number of nitrogens with zero attached hydrogens (tertiary/aromatic N) is 1. The molecule has 4 rings (SSSR count). The van der Waals surface area contributed by atoms with Crippen molar-refractivity contribution in [3.63, 3.8) is 0 Å². The third-order valence-corrected chi connectivity index (χ3v) is 8.88. The molecular weight excluding hydrogens is 418 g/mol. The van der Waals surface area contributed by atoms with E-state index in [2.05, 4.69) is 24.3 Å². The van der Waals surface area contributed by atoms with E-state index < -0.39 is 10.0 Å². The van der Waals surface area contributed by atoms with Crippen LogP contribution < -0.4 is 11.5 Å². The summed E-state index contributed by atoms with van der Waals surface area (Å²) in [6.07, 6.45) is 8.95. The summed E-state index contributed by atoms with van der Waals surface area (Å²) in [5, 5.41) is 0.